The van der Waals surface area contributed by atoms with Crippen molar-refractivity contribution in [3.05, 3.63) is 88.8 Å². The Labute approximate surface area is 186 Å². The van der Waals surface area contributed by atoms with E-state index in [1.54, 1.807) is 6.92 Å². The van der Waals surface area contributed by atoms with E-state index in [1.807, 2.05) is 42.5 Å². The summed E-state index contributed by atoms with van der Waals surface area (Å²) in [5, 5.41) is 8.51. The molecule has 160 valence electrons. The average Bonchev–Trinajstić information content (AvgIpc) is 3.22. The third-order valence-electron chi connectivity index (χ3n) is 5.66. The number of hydrogen-bond donors (Lipinski definition) is 0. The van der Waals surface area contributed by atoms with E-state index >= 15 is 0 Å². The van der Waals surface area contributed by atoms with Gasteiger partial charge in [-0.25, -0.2) is 9.78 Å². The van der Waals surface area contributed by atoms with E-state index in [0.717, 1.165) is 46.1 Å². The number of carbonyl (C=O) groups is 1. The maximum absolute atomic E-state index is 13.3. The van der Waals surface area contributed by atoms with Crippen LogP contribution in [-0.4, -0.2) is 21.2 Å². The molecule has 1 atom stereocenters. The zero-order valence-corrected chi connectivity index (χ0v) is 18.0. The monoisotopic (exact) mass is 425 g/mol. The minimum absolute atomic E-state index is 0.0621. The second-order valence-electron chi connectivity index (χ2n) is 8.22. The first-order chi connectivity index (χ1) is 15.6. The zero-order valence-electron chi connectivity index (χ0n) is 18.0. The van der Waals surface area contributed by atoms with Crippen molar-refractivity contribution in [1.29, 1.82) is 0 Å². The van der Waals surface area contributed by atoms with Crippen molar-refractivity contribution < 1.29 is 13.9 Å². The van der Waals surface area contributed by atoms with Crippen molar-refractivity contribution in [2.45, 2.75) is 33.3 Å². The van der Waals surface area contributed by atoms with Gasteiger partial charge in [-0.3, -0.25) is 0 Å². The smallest absolute Gasteiger partial charge is 0.339 e. The molecular formula is C26H23N3O3. The van der Waals surface area contributed by atoms with Gasteiger partial charge in [0.2, 0.25) is 5.89 Å². The lowest BCUT2D eigenvalue weighted by molar-refractivity contribution is 0.0437. The molecule has 0 bridgehead atoms. The Hall–Kier alpha value is -3.80. The number of allylic oxidation sites excluding steroid dienone is 1. The Morgan fingerprint density at radius 3 is 2.66 bits per heavy atom. The summed E-state index contributed by atoms with van der Waals surface area (Å²) in [7, 11) is 0. The second-order valence-corrected chi connectivity index (χ2v) is 8.22. The maximum atomic E-state index is 13.3. The summed E-state index contributed by atoms with van der Waals surface area (Å²) in [5.41, 5.74) is 5.43. The molecule has 2 heterocycles. The molecule has 0 N–H and O–H groups in total. The number of fused-ring (bicyclic) bond motifs is 2. The molecule has 0 saturated carbocycles. The maximum Gasteiger partial charge on any atom is 0.339 e. The fourth-order valence-corrected chi connectivity index (χ4v) is 4.31. The molecule has 0 amide bonds. The third kappa shape index (κ3) is 3.91. The van der Waals surface area contributed by atoms with Gasteiger partial charge in [0.1, 0.15) is 0 Å². The topological polar surface area (TPSA) is 78.1 Å². The summed E-state index contributed by atoms with van der Waals surface area (Å²) < 4.78 is 11.0. The van der Waals surface area contributed by atoms with E-state index in [9.17, 15) is 4.79 Å². The lowest BCUT2D eigenvalue weighted by Crippen LogP contribution is -2.19. The first-order valence-corrected chi connectivity index (χ1v) is 10.7. The SMILES string of the molecule is Cc1nnc(COC(=O)c2c3c(nc4ccccc24)/C(=C/c2ccccc2)CC(C)C3)o1. The van der Waals surface area contributed by atoms with Gasteiger partial charge >= 0.3 is 5.97 Å². The Morgan fingerprint density at radius 1 is 1.09 bits per heavy atom. The van der Waals surface area contributed by atoms with Gasteiger partial charge in [-0.05, 0) is 47.6 Å². The summed E-state index contributed by atoms with van der Waals surface area (Å²) in [6.45, 7) is 3.84. The van der Waals surface area contributed by atoms with E-state index in [1.165, 1.54) is 0 Å². The summed E-state index contributed by atoms with van der Waals surface area (Å²) in [4.78, 5) is 18.3. The average molecular weight is 425 g/mol. The first kappa shape index (κ1) is 20.1. The minimum Gasteiger partial charge on any atom is -0.452 e. The standard InChI is InChI=1S/C26H23N3O3/c1-16-12-19(14-18-8-4-3-5-9-18)25-21(13-16)24(20-10-6-7-11-22(20)27-25)26(30)31-15-23-29-28-17(2)32-23/h3-11,14,16H,12-13,15H2,1-2H3/b19-14+. The van der Waals surface area contributed by atoms with E-state index in [2.05, 4.69) is 35.3 Å². The number of hydrogen-bond acceptors (Lipinski definition) is 6. The number of aromatic nitrogens is 3. The van der Waals surface area contributed by atoms with Crippen LogP contribution in [0.4, 0.5) is 0 Å². The Bertz CT molecular complexity index is 1320. The predicted octanol–water partition coefficient (Wildman–Crippen LogP) is 5.41. The minimum atomic E-state index is -0.399. The van der Waals surface area contributed by atoms with Gasteiger partial charge in [-0.2, -0.15) is 0 Å². The number of carbonyl (C=O) groups excluding carboxylic acids is 1. The molecule has 0 fully saturated rings. The number of pyridine rings is 1. The number of aryl methyl sites for hydroxylation is 1. The first-order valence-electron chi connectivity index (χ1n) is 10.7. The highest BCUT2D eigenvalue weighted by atomic mass is 16.5. The van der Waals surface area contributed by atoms with Crippen molar-refractivity contribution in [3.8, 4) is 0 Å². The molecule has 1 aliphatic rings. The van der Waals surface area contributed by atoms with Gasteiger partial charge in [0.25, 0.3) is 5.89 Å². The highest BCUT2D eigenvalue weighted by Gasteiger charge is 2.29. The molecule has 4 aromatic rings. The van der Waals surface area contributed by atoms with Crippen LogP contribution in [0.1, 0.15) is 52.3 Å². The molecule has 0 saturated heterocycles. The summed E-state index contributed by atoms with van der Waals surface area (Å²) in [6, 6.07) is 17.9. The van der Waals surface area contributed by atoms with Crippen molar-refractivity contribution >= 4 is 28.5 Å². The van der Waals surface area contributed by atoms with E-state index in [-0.39, 0.29) is 12.5 Å². The Kier molecular flexibility index (Phi) is 5.27. The van der Waals surface area contributed by atoms with Crippen LogP contribution in [-0.2, 0) is 17.8 Å². The van der Waals surface area contributed by atoms with E-state index in [4.69, 9.17) is 14.1 Å². The number of nitrogens with zero attached hydrogens (tertiary/aromatic N) is 3. The molecule has 0 aliphatic heterocycles. The number of rotatable bonds is 4. The van der Waals surface area contributed by atoms with E-state index in [0.29, 0.717) is 17.4 Å². The van der Waals surface area contributed by atoms with Crippen LogP contribution < -0.4 is 0 Å². The van der Waals surface area contributed by atoms with Crippen LogP contribution in [0.5, 0.6) is 0 Å². The number of ether oxygens (including phenoxy) is 1. The molecule has 2 aromatic heterocycles. The predicted molar refractivity (Wildman–Crippen MR) is 122 cm³/mol. The Morgan fingerprint density at radius 2 is 1.88 bits per heavy atom. The molecule has 2 aromatic carbocycles. The molecular weight excluding hydrogens is 402 g/mol. The molecule has 1 aliphatic carbocycles. The molecule has 0 radical (unpaired) electrons. The van der Waals surface area contributed by atoms with Crippen LogP contribution >= 0.6 is 0 Å². The van der Waals surface area contributed by atoms with Gasteiger partial charge in [0.15, 0.2) is 6.61 Å². The van der Waals surface area contributed by atoms with Gasteiger partial charge in [0, 0.05) is 12.3 Å². The molecule has 1 unspecified atom stereocenters. The van der Waals surface area contributed by atoms with Crippen molar-refractivity contribution in [1.82, 2.24) is 15.2 Å². The highest BCUT2D eigenvalue weighted by molar-refractivity contribution is 6.06. The Balaban J connectivity index is 1.62. The largest absolute Gasteiger partial charge is 0.452 e. The van der Waals surface area contributed by atoms with Crippen LogP contribution in [0.25, 0.3) is 22.6 Å². The number of para-hydroxylation sites is 1. The van der Waals surface area contributed by atoms with E-state index < -0.39 is 5.97 Å². The van der Waals surface area contributed by atoms with Crippen LogP contribution in [0.3, 0.4) is 0 Å². The number of benzene rings is 2. The molecule has 6 nitrogen and oxygen atoms in total. The van der Waals surface area contributed by atoms with Gasteiger partial charge in [0.05, 0.1) is 16.8 Å². The summed E-state index contributed by atoms with van der Waals surface area (Å²) in [6.07, 6.45) is 3.85. The third-order valence-corrected chi connectivity index (χ3v) is 5.66. The lowest BCUT2D eigenvalue weighted by atomic mass is 9.80. The quantitative estimate of drug-likeness (QED) is 0.407. The van der Waals surface area contributed by atoms with Gasteiger partial charge in [-0.15, -0.1) is 10.2 Å². The van der Waals surface area contributed by atoms with Crippen molar-refractivity contribution in [3.63, 3.8) is 0 Å². The highest BCUT2D eigenvalue weighted by Crippen LogP contribution is 2.38. The second kappa shape index (κ2) is 8.38. The van der Waals surface area contributed by atoms with Crippen molar-refractivity contribution in [2.24, 2.45) is 5.92 Å². The summed E-state index contributed by atoms with van der Waals surface area (Å²) in [5.74, 6) is 0.697. The van der Waals surface area contributed by atoms with Gasteiger partial charge in [-0.1, -0.05) is 55.5 Å². The zero-order chi connectivity index (χ0) is 22.1. The fourth-order valence-electron chi connectivity index (χ4n) is 4.31. The van der Waals surface area contributed by atoms with Crippen LogP contribution in [0.15, 0.2) is 59.0 Å². The molecule has 32 heavy (non-hydrogen) atoms. The van der Waals surface area contributed by atoms with Crippen LogP contribution in [0.2, 0.25) is 0 Å². The lowest BCUT2D eigenvalue weighted by Gasteiger charge is -2.26. The summed E-state index contributed by atoms with van der Waals surface area (Å²) >= 11 is 0. The van der Waals surface area contributed by atoms with Gasteiger partial charge < -0.3 is 9.15 Å². The van der Waals surface area contributed by atoms with Crippen LogP contribution in [0, 0.1) is 12.8 Å². The fraction of sp³-hybridized carbons (Fsp3) is 0.231. The molecule has 6 heteroatoms. The van der Waals surface area contributed by atoms with Crippen molar-refractivity contribution in [2.75, 3.05) is 0 Å². The number of esters is 1. The molecule has 5 rings (SSSR count). The normalized spacial score (nSPS) is 16.8. The molecule has 0 spiro atoms.